The molecule has 1 saturated carbocycles. The van der Waals surface area contributed by atoms with Crippen LogP contribution in [0.2, 0.25) is 0 Å². The van der Waals surface area contributed by atoms with E-state index in [-0.39, 0.29) is 5.41 Å². The van der Waals surface area contributed by atoms with Crippen molar-refractivity contribution in [3.63, 3.8) is 0 Å². The summed E-state index contributed by atoms with van der Waals surface area (Å²) in [5, 5.41) is 2.29. The molecule has 2 unspecified atom stereocenters. The molecule has 1 aliphatic carbocycles. The van der Waals surface area contributed by atoms with Crippen LogP contribution in [0.25, 0.3) is 10.2 Å². The molecule has 1 aliphatic heterocycles. The maximum absolute atomic E-state index is 6.08. The monoisotopic (exact) mass is 351 g/mol. The summed E-state index contributed by atoms with van der Waals surface area (Å²) in [6.07, 6.45) is 5.35. The summed E-state index contributed by atoms with van der Waals surface area (Å²) in [5.74, 6) is 0.796. The summed E-state index contributed by atoms with van der Waals surface area (Å²) < 4.78 is 7.38. The molecule has 4 rings (SSSR count). The van der Waals surface area contributed by atoms with E-state index < -0.39 is 0 Å². The zero-order valence-corrected chi connectivity index (χ0v) is 13.8. The van der Waals surface area contributed by atoms with Crippen molar-refractivity contribution >= 4 is 37.5 Å². The fraction of sp³-hybridized carbons (Fsp3) is 0.562. The molecule has 2 aromatic rings. The minimum atomic E-state index is 0.259. The molecule has 0 spiro atoms. The highest BCUT2D eigenvalue weighted by Crippen LogP contribution is 2.50. The molecule has 2 fully saturated rings. The first-order chi connectivity index (χ1) is 9.81. The van der Waals surface area contributed by atoms with Gasteiger partial charge in [0, 0.05) is 23.8 Å². The minimum Gasteiger partial charge on any atom is -0.377 e. The van der Waals surface area contributed by atoms with Crippen LogP contribution in [0.15, 0.2) is 24.3 Å². The van der Waals surface area contributed by atoms with E-state index in [1.165, 1.54) is 22.5 Å². The Morgan fingerprint density at radius 1 is 1.35 bits per heavy atom. The van der Waals surface area contributed by atoms with Crippen LogP contribution in [0.1, 0.15) is 24.3 Å². The van der Waals surface area contributed by atoms with Crippen molar-refractivity contribution in [2.24, 2.45) is 11.3 Å². The van der Waals surface area contributed by atoms with Gasteiger partial charge < -0.3 is 4.74 Å². The SMILES string of the molecule is BrCC1(Cc2nc3ccccc3s2)CCOC1C1CC1. The molecule has 20 heavy (non-hydrogen) atoms. The Labute approximate surface area is 131 Å². The van der Waals surface area contributed by atoms with Crippen molar-refractivity contribution in [2.75, 3.05) is 11.9 Å². The first-order valence-electron chi connectivity index (χ1n) is 7.33. The highest BCUT2D eigenvalue weighted by Gasteiger charge is 2.50. The number of aromatic nitrogens is 1. The normalized spacial score (nSPS) is 30.1. The number of halogens is 1. The largest absolute Gasteiger partial charge is 0.377 e. The third-order valence-electron chi connectivity index (χ3n) is 4.66. The second-order valence-corrected chi connectivity index (χ2v) is 7.80. The van der Waals surface area contributed by atoms with E-state index in [9.17, 15) is 0 Å². The average Bonchev–Trinajstić information content (AvgIpc) is 3.09. The molecule has 0 N–H and O–H groups in total. The third kappa shape index (κ3) is 2.22. The van der Waals surface area contributed by atoms with Crippen LogP contribution < -0.4 is 0 Å². The van der Waals surface area contributed by atoms with E-state index in [4.69, 9.17) is 9.72 Å². The van der Waals surface area contributed by atoms with Crippen LogP contribution in [0.4, 0.5) is 0 Å². The highest BCUT2D eigenvalue weighted by molar-refractivity contribution is 9.09. The van der Waals surface area contributed by atoms with Gasteiger partial charge in [0.2, 0.25) is 0 Å². The summed E-state index contributed by atoms with van der Waals surface area (Å²) in [6.45, 7) is 0.914. The van der Waals surface area contributed by atoms with Gasteiger partial charge in [-0.1, -0.05) is 28.1 Å². The number of hydrogen-bond donors (Lipinski definition) is 0. The summed E-state index contributed by atoms with van der Waals surface area (Å²) in [5.41, 5.74) is 1.40. The number of thiazole rings is 1. The van der Waals surface area contributed by atoms with Crippen molar-refractivity contribution in [1.29, 1.82) is 0 Å². The zero-order valence-electron chi connectivity index (χ0n) is 11.3. The number of rotatable bonds is 4. The van der Waals surface area contributed by atoms with Crippen LogP contribution in [-0.2, 0) is 11.2 Å². The van der Waals surface area contributed by atoms with Gasteiger partial charge in [0.15, 0.2) is 0 Å². The van der Waals surface area contributed by atoms with Crippen LogP contribution in [0.5, 0.6) is 0 Å². The Hall–Kier alpha value is -0.450. The number of fused-ring (bicyclic) bond motifs is 1. The molecule has 106 valence electrons. The molecule has 1 saturated heterocycles. The topological polar surface area (TPSA) is 22.1 Å². The Morgan fingerprint density at radius 2 is 2.20 bits per heavy atom. The van der Waals surface area contributed by atoms with Crippen molar-refractivity contribution in [3.8, 4) is 0 Å². The van der Waals surface area contributed by atoms with Crippen LogP contribution in [0, 0.1) is 11.3 Å². The van der Waals surface area contributed by atoms with Crippen molar-refractivity contribution in [1.82, 2.24) is 4.98 Å². The molecule has 0 bridgehead atoms. The molecule has 1 aromatic heterocycles. The maximum atomic E-state index is 6.08. The number of ether oxygens (including phenoxy) is 1. The summed E-state index contributed by atoms with van der Waals surface area (Å²) in [6, 6.07) is 8.44. The molecule has 2 nitrogen and oxygen atoms in total. The van der Waals surface area contributed by atoms with Crippen molar-refractivity contribution in [3.05, 3.63) is 29.3 Å². The van der Waals surface area contributed by atoms with Crippen LogP contribution in [0.3, 0.4) is 0 Å². The number of alkyl halides is 1. The van der Waals surface area contributed by atoms with Gasteiger partial charge in [-0.25, -0.2) is 4.98 Å². The minimum absolute atomic E-state index is 0.259. The quantitative estimate of drug-likeness (QED) is 0.760. The van der Waals surface area contributed by atoms with Gasteiger partial charge >= 0.3 is 0 Å². The Balaban J connectivity index is 1.64. The molecular formula is C16H18BrNOS. The molecule has 0 amide bonds. The van der Waals surface area contributed by atoms with Gasteiger partial charge in [-0.15, -0.1) is 11.3 Å². The second kappa shape index (κ2) is 5.08. The fourth-order valence-corrected chi connectivity index (χ4v) is 5.34. The number of benzene rings is 1. The van der Waals surface area contributed by atoms with Gasteiger partial charge in [-0.05, 0) is 37.3 Å². The number of hydrogen-bond acceptors (Lipinski definition) is 3. The Kier molecular flexibility index (Phi) is 3.36. The third-order valence-corrected chi connectivity index (χ3v) is 6.81. The van der Waals surface area contributed by atoms with E-state index in [1.54, 1.807) is 0 Å². The molecule has 2 heterocycles. The van der Waals surface area contributed by atoms with Gasteiger partial charge in [-0.2, -0.15) is 0 Å². The number of nitrogens with zero attached hydrogens (tertiary/aromatic N) is 1. The zero-order chi connectivity index (χ0) is 13.6. The fourth-order valence-electron chi connectivity index (χ4n) is 3.42. The summed E-state index contributed by atoms with van der Waals surface area (Å²) in [7, 11) is 0. The lowest BCUT2D eigenvalue weighted by molar-refractivity contribution is 0.0413. The van der Waals surface area contributed by atoms with Crippen molar-refractivity contribution in [2.45, 2.75) is 31.8 Å². The summed E-state index contributed by atoms with van der Waals surface area (Å²) >= 11 is 5.61. The lowest BCUT2D eigenvalue weighted by Gasteiger charge is -2.31. The lowest BCUT2D eigenvalue weighted by Crippen LogP contribution is -2.36. The van der Waals surface area contributed by atoms with E-state index in [0.717, 1.165) is 36.2 Å². The van der Waals surface area contributed by atoms with E-state index in [0.29, 0.717) is 6.10 Å². The van der Waals surface area contributed by atoms with Gasteiger partial charge in [0.1, 0.15) is 0 Å². The second-order valence-electron chi connectivity index (χ2n) is 6.13. The molecule has 1 aromatic carbocycles. The first kappa shape index (κ1) is 13.2. The first-order valence-corrected chi connectivity index (χ1v) is 9.27. The predicted octanol–water partition coefficient (Wildman–Crippen LogP) is 4.42. The summed E-state index contributed by atoms with van der Waals surface area (Å²) in [4.78, 5) is 4.83. The van der Waals surface area contributed by atoms with Gasteiger partial charge in [-0.3, -0.25) is 0 Å². The number of para-hydroxylation sites is 1. The smallest absolute Gasteiger partial charge is 0.0945 e. The van der Waals surface area contributed by atoms with E-state index >= 15 is 0 Å². The molecule has 4 heteroatoms. The highest BCUT2D eigenvalue weighted by atomic mass is 79.9. The Morgan fingerprint density at radius 3 is 2.95 bits per heavy atom. The molecule has 2 aliphatic rings. The van der Waals surface area contributed by atoms with E-state index in [2.05, 4.69) is 40.2 Å². The van der Waals surface area contributed by atoms with Crippen LogP contribution >= 0.6 is 27.3 Å². The molecule has 2 atom stereocenters. The standard InChI is InChI=1S/C16H18BrNOS/c17-10-16(7-8-19-15(16)11-5-6-11)9-14-18-12-3-1-2-4-13(12)20-14/h1-4,11,15H,5-10H2. The molecular weight excluding hydrogens is 334 g/mol. The lowest BCUT2D eigenvalue weighted by atomic mass is 9.78. The van der Waals surface area contributed by atoms with Gasteiger partial charge in [0.05, 0.1) is 21.3 Å². The van der Waals surface area contributed by atoms with E-state index in [1.807, 2.05) is 11.3 Å². The Bertz CT molecular complexity index is 591. The predicted molar refractivity (Wildman–Crippen MR) is 86.6 cm³/mol. The molecule has 0 radical (unpaired) electrons. The van der Waals surface area contributed by atoms with Crippen LogP contribution in [-0.4, -0.2) is 23.0 Å². The van der Waals surface area contributed by atoms with Gasteiger partial charge in [0.25, 0.3) is 0 Å². The average molecular weight is 352 g/mol. The maximum Gasteiger partial charge on any atom is 0.0945 e. The van der Waals surface area contributed by atoms with Crippen molar-refractivity contribution < 1.29 is 4.74 Å².